The number of rotatable bonds is 4. The lowest BCUT2D eigenvalue weighted by Crippen LogP contribution is -2.10. The first kappa shape index (κ1) is 13.3. The number of aromatic nitrogens is 3. The van der Waals surface area contributed by atoms with Crippen LogP contribution in [0.1, 0.15) is 25.1 Å². The molecule has 100 valence electrons. The van der Waals surface area contributed by atoms with Crippen LogP contribution in [0.3, 0.4) is 0 Å². The molecule has 0 bridgehead atoms. The summed E-state index contributed by atoms with van der Waals surface area (Å²) in [5.41, 5.74) is 2.74. The molecule has 5 nitrogen and oxygen atoms in total. The van der Waals surface area contributed by atoms with Gasteiger partial charge in [0.25, 0.3) is 0 Å². The highest BCUT2D eigenvalue weighted by molar-refractivity contribution is 5.62. The van der Waals surface area contributed by atoms with Gasteiger partial charge in [-0.3, -0.25) is 4.98 Å². The summed E-state index contributed by atoms with van der Waals surface area (Å²) in [6.07, 6.45) is 3.35. The first-order valence-corrected chi connectivity index (χ1v) is 6.25. The topological polar surface area (TPSA) is 59.9 Å². The molecule has 19 heavy (non-hydrogen) atoms. The fourth-order valence-electron chi connectivity index (χ4n) is 1.65. The monoisotopic (exact) mass is 258 g/mol. The maximum Gasteiger partial charge on any atom is 0.221 e. The van der Waals surface area contributed by atoms with Crippen molar-refractivity contribution in [3.8, 4) is 5.88 Å². The lowest BCUT2D eigenvalue weighted by molar-refractivity contribution is 0.230. The van der Waals surface area contributed by atoms with Crippen molar-refractivity contribution in [2.45, 2.75) is 33.8 Å². The number of nitrogens with zero attached hydrogens (tertiary/aromatic N) is 3. The van der Waals surface area contributed by atoms with Crippen molar-refractivity contribution in [3.63, 3.8) is 0 Å². The van der Waals surface area contributed by atoms with Crippen molar-refractivity contribution in [2.75, 3.05) is 5.32 Å². The molecule has 2 rings (SSSR count). The largest absolute Gasteiger partial charge is 0.475 e. The van der Waals surface area contributed by atoms with Gasteiger partial charge in [0.15, 0.2) is 0 Å². The molecule has 0 spiro atoms. The molecular formula is C14H18N4O. The van der Waals surface area contributed by atoms with Crippen molar-refractivity contribution in [3.05, 3.63) is 35.9 Å². The third kappa shape index (κ3) is 3.19. The molecule has 0 aromatic carbocycles. The number of aryl methyl sites for hydroxylation is 1. The number of hydrogen-bond donors (Lipinski definition) is 1. The quantitative estimate of drug-likeness (QED) is 0.913. The number of nitrogens with one attached hydrogen (secondary N) is 1. The minimum Gasteiger partial charge on any atom is -0.475 e. The number of hydrogen-bond acceptors (Lipinski definition) is 5. The average molecular weight is 258 g/mol. The van der Waals surface area contributed by atoms with Crippen molar-refractivity contribution >= 4 is 11.5 Å². The molecule has 0 fully saturated rings. The smallest absolute Gasteiger partial charge is 0.221 e. The third-order valence-electron chi connectivity index (χ3n) is 2.65. The summed E-state index contributed by atoms with van der Waals surface area (Å²) >= 11 is 0. The molecule has 2 heterocycles. The van der Waals surface area contributed by atoms with E-state index in [4.69, 9.17) is 4.74 Å². The molecule has 0 radical (unpaired) electrons. The molecular weight excluding hydrogens is 240 g/mol. The van der Waals surface area contributed by atoms with E-state index in [9.17, 15) is 0 Å². The summed E-state index contributed by atoms with van der Waals surface area (Å²) in [5, 5.41) is 3.26. The SMILES string of the molecule is Cc1ncccc1Nc1ncnc(OC(C)C)c1C. The molecule has 2 aromatic rings. The summed E-state index contributed by atoms with van der Waals surface area (Å²) in [4.78, 5) is 12.6. The second-order valence-corrected chi connectivity index (χ2v) is 4.58. The Morgan fingerprint density at radius 3 is 2.63 bits per heavy atom. The maximum absolute atomic E-state index is 5.65. The van der Waals surface area contributed by atoms with E-state index in [1.54, 1.807) is 6.20 Å². The second-order valence-electron chi connectivity index (χ2n) is 4.58. The van der Waals surface area contributed by atoms with Gasteiger partial charge in [0.1, 0.15) is 12.1 Å². The summed E-state index contributed by atoms with van der Waals surface area (Å²) in [5.74, 6) is 1.34. The molecule has 0 atom stereocenters. The van der Waals surface area contributed by atoms with Crippen LogP contribution in [0.25, 0.3) is 0 Å². The van der Waals surface area contributed by atoms with Gasteiger partial charge in [-0.15, -0.1) is 0 Å². The Labute approximate surface area is 113 Å². The highest BCUT2D eigenvalue weighted by Gasteiger charge is 2.10. The normalized spacial score (nSPS) is 10.6. The van der Waals surface area contributed by atoms with E-state index >= 15 is 0 Å². The zero-order valence-electron chi connectivity index (χ0n) is 11.6. The molecule has 0 amide bonds. The molecule has 0 aliphatic heterocycles. The fraction of sp³-hybridized carbons (Fsp3) is 0.357. The van der Waals surface area contributed by atoms with E-state index in [2.05, 4.69) is 20.3 Å². The van der Waals surface area contributed by atoms with Gasteiger partial charge in [-0.05, 0) is 39.8 Å². The Hall–Kier alpha value is -2.17. The number of anilines is 2. The number of ether oxygens (including phenoxy) is 1. The Morgan fingerprint density at radius 1 is 1.16 bits per heavy atom. The summed E-state index contributed by atoms with van der Waals surface area (Å²) in [6.45, 7) is 7.83. The fourth-order valence-corrected chi connectivity index (χ4v) is 1.65. The Bertz CT molecular complexity index is 569. The van der Waals surface area contributed by atoms with Crippen LogP contribution in [0.15, 0.2) is 24.7 Å². The van der Waals surface area contributed by atoms with E-state index in [0.717, 1.165) is 22.8 Å². The zero-order chi connectivity index (χ0) is 13.8. The van der Waals surface area contributed by atoms with Crippen LogP contribution in [0.2, 0.25) is 0 Å². The predicted octanol–water partition coefficient (Wildman–Crippen LogP) is 3.02. The Morgan fingerprint density at radius 2 is 1.95 bits per heavy atom. The van der Waals surface area contributed by atoms with Crippen LogP contribution in [0.5, 0.6) is 5.88 Å². The van der Waals surface area contributed by atoms with E-state index in [-0.39, 0.29) is 6.10 Å². The van der Waals surface area contributed by atoms with Gasteiger partial charge in [0.2, 0.25) is 5.88 Å². The minimum atomic E-state index is 0.0848. The molecule has 1 N–H and O–H groups in total. The Kier molecular flexibility index (Phi) is 3.94. The highest BCUT2D eigenvalue weighted by Crippen LogP contribution is 2.25. The molecule has 0 unspecified atom stereocenters. The lowest BCUT2D eigenvalue weighted by Gasteiger charge is -2.14. The zero-order valence-corrected chi connectivity index (χ0v) is 11.6. The van der Waals surface area contributed by atoms with Crippen LogP contribution in [0.4, 0.5) is 11.5 Å². The van der Waals surface area contributed by atoms with Gasteiger partial charge >= 0.3 is 0 Å². The lowest BCUT2D eigenvalue weighted by atomic mass is 10.2. The van der Waals surface area contributed by atoms with Crippen molar-refractivity contribution < 1.29 is 4.74 Å². The van der Waals surface area contributed by atoms with Gasteiger partial charge in [0.05, 0.1) is 23.0 Å². The third-order valence-corrected chi connectivity index (χ3v) is 2.65. The maximum atomic E-state index is 5.65. The van der Waals surface area contributed by atoms with E-state index in [0.29, 0.717) is 5.88 Å². The molecule has 0 aliphatic carbocycles. The van der Waals surface area contributed by atoms with Crippen molar-refractivity contribution in [1.82, 2.24) is 15.0 Å². The van der Waals surface area contributed by atoms with E-state index < -0.39 is 0 Å². The first-order chi connectivity index (χ1) is 9.08. The van der Waals surface area contributed by atoms with Crippen LogP contribution in [0, 0.1) is 13.8 Å². The Balaban J connectivity index is 2.28. The molecule has 5 heteroatoms. The molecule has 2 aromatic heterocycles. The van der Waals surface area contributed by atoms with Gasteiger partial charge in [0, 0.05) is 6.20 Å². The summed E-state index contributed by atoms with van der Waals surface area (Å²) < 4.78 is 5.65. The number of pyridine rings is 1. The van der Waals surface area contributed by atoms with Crippen LogP contribution >= 0.6 is 0 Å². The van der Waals surface area contributed by atoms with E-state index in [1.165, 1.54) is 6.33 Å². The molecule has 0 saturated heterocycles. The van der Waals surface area contributed by atoms with Gasteiger partial charge < -0.3 is 10.1 Å². The van der Waals surface area contributed by atoms with Crippen LogP contribution in [-0.4, -0.2) is 21.1 Å². The molecule has 0 aliphatic rings. The highest BCUT2D eigenvalue weighted by atomic mass is 16.5. The van der Waals surface area contributed by atoms with Crippen LogP contribution in [-0.2, 0) is 0 Å². The summed E-state index contributed by atoms with van der Waals surface area (Å²) in [7, 11) is 0. The predicted molar refractivity (Wildman–Crippen MR) is 74.8 cm³/mol. The van der Waals surface area contributed by atoms with Crippen LogP contribution < -0.4 is 10.1 Å². The summed E-state index contributed by atoms with van der Waals surface area (Å²) in [6, 6.07) is 3.85. The van der Waals surface area contributed by atoms with Crippen molar-refractivity contribution in [1.29, 1.82) is 0 Å². The van der Waals surface area contributed by atoms with Gasteiger partial charge in [-0.2, -0.15) is 0 Å². The van der Waals surface area contributed by atoms with Gasteiger partial charge in [-0.25, -0.2) is 9.97 Å². The standard InChI is InChI=1S/C14H18N4O/c1-9(2)19-14-10(3)13(16-8-17-14)18-12-6-5-7-15-11(12)4/h5-9H,1-4H3,(H,16,17,18). The first-order valence-electron chi connectivity index (χ1n) is 6.25. The van der Waals surface area contributed by atoms with Crippen molar-refractivity contribution in [2.24, 2.45) is 0 Å². The minimum absolute atomic E-state index is 0.0848. The van der Waals surface area contributed by atoms with Gasteiger partial charge in [-0.1, -0.05) is 0 Å². The second kappa shape index (κ2) is 5.65. The molecule has 0 saturated carbocycles. The van der Waals surface area contributed by atoms with E-state index in [1.807, 2.05) is 39.8 Å². The average Bonchev–Trinajstić information content (AvgIpc) is 2.36.